The number of rotatable bonds is 8. The molecule has 0 aliphatic rings. The molecule has 19 heavy (non-hydrogen) atoms. The van der Waals surface area contributed by atoms with Crippen LogP contribution in [0, 0.1) is 0 Å². The topological polar surface area (TPSA) is 58.2 Å². The molecule has 0 rings (SSSR count). The zero-order valence-corrected chi connectivity index (χ0v) is 12.6. The van der Waals surface area contributed by atoms with Gasteiger partial charge < -0.3 is 10.6 Å². The predicted molar refractivity (Wildman–Crippen MR) is 83.1 cm³/mol. The van der Waals surface area contributed by atoms with Gasteiger partial charge >= 0.3 is 0 Å². The van der Waals surface area contributed by atoms with E-state index in [1.54, 1.807) is 0 Å². The average molecular weight is 274 g/mol. The van der Waals surface area contributed by atoms with E-state index in [9.17, 15) is 9.59 Å². The third-order valence-corrected chi connectivity index (χ3v) is 2.44. The van der Waals surface area contributed by atoms with Crippen molar-refractivity contribution in [3.63, 3.8) is 0 Å². The first-order chi connectivity index (χ1) is 8.60. The maximum absolute atomic E-state index is 11.1. The van der Waals surface area contributed by atoms with Crippen molar-refractivity contribution in [3.05, 3.63) is 0 Å². The molecular weight excluding hydrogens is 240 g/mol. The monoisotopic (exact) mass is 274 g/mol. The van der Waals surface area contributed by atoms with Gasteiger partial charge in [-0.2, -0.15) is 0 Å². The van der Waals surface area contributed by atoms with Crippen molar-refractivity contribution in [2.75, 3.05) is 6.54 Å². The Hall–Kier alpha value is -1.06. The largest absolute Gasteiger partial charge is 0.356 e. The molecule has 0 heterocycles. The molecule has 1 atom stereocenters. The summed E-state index contributed by atoms with van der Waals surface area (Å²) >= 11 is 0. The number of unbranched alkanes of at least 4 members (excludes halogenated alkanes) is 1. The Morgan fingerprint density at radius 1 is 1.00 bits per heavy atom. The van der Waals surface area contributed by atoms with Crippen LogP contribution in [0.3, 0.4) is 0 Å². The van der Waals surface area contributed by atoms with Crippen LogP contribution in [0.25, 0.3) is 0 Å². The highest BCUT2D eigenvalue weighted by atomic mass is 16.2. The number of amides is 2. The van der Waals surface area contributed by atoms with Crippen LogP contribution in [0.5, 0.6) is 0 Å². The van der Waals surface area contributed by atoms with E-state index in [4.69, 9.17) is 0 Å². The maximum Gasteiger partial charge on any atom is 0.219 e. The second-order valence-electron chi connectivity index (χ2n) is 4.02. The van der Waals surface area contributed by atoms with Crippen LogP contribution in [-0.2, 0) is 9.59 Å². The van der Waals surface area contributed by atoms with Gasteiger partial charge in [-0.25, -0.2) is 0 Å². The minimum absolute atomic E-state index is 0. The van der Waals surface area contributed by atoms with Crippen molar-refractivity contribution in [2.45, 2.75) is 80.2 Å². The molecule has 0 aromatic carbocycles. The van der Waals surface area contributed by atoms with Crippen molar-refractivity contribution in [3.8, 4) is 0 Å². The maximum atomic E-state index is 11.1. The lowest BCUT2D eigenvalue weighted by molar-refractivity contribution is -0.121. The first kappa shape index (κ1) is 23.1. The SMILES string of the molecule is C.CC.CCC(=O)NCCCCC(C)NC(=O)CC. The van der Waals surface area contributed by atoms with Gasteiger partial charge in [-0.05, 0) is 26.2 Å². The molecule has 4 nitrogen and oxygen atoms in total. The highest BCUT2D eigenvalue weighted by Gasteiger charge is 2.04. The van der Waals surface area contributed by atoms with Crippen molar-refractivity contribution < 1.29 is 9.59 Å². The molecule has 0 aliphatic carbocycles. The van der Waals surface area contributed by atoms with E-state index >= 15 is 0 Å². The molecule has 0 aliphatic heterocycles. The summed E-state index contributed by atoms with van der Waals surface area (Å²) in [6.07, 6.45) is 4.04. The lowest BCUT2D eigenvalue weighted by atomic mass is 10.1. The molecule has 0 saturated heterocycles. The highest BCUT2D eigenvalue weighted by Crippen LogP contribution is 2.00. The smallest absolute Gasteiger partial charge is 0.219 e. The molecule has 0 fully saturated rings. The van der Waals surface area contributed by atoms with Gasteiger partial charge in [-0.15, -0.1) is 0 Å². The third-order valence-electron chi connectivity index (χ3n) is 2.44. The van der Waals surface area contributed by atoms with Crippen molar-refractivity contribution in [1.29, 1.82) is 0 Å². The standard InChI is InChI=1S/C12H24N2O2.C2H6.CH4/c1-4-11(15)13-9-7-6-8-10(3)14-12(16)5-2;1-2;/h10H,4-9H2,1-3H3,(H,13,15)(H,14,16);1-2H3;1H4. The highest BCUT2D eigenvalue weighted by molar-refractivity contribution is 5.75. The fourth-order valence-corrected chi connectivity index (χ4v) is 1.38. The molecule has 0 saturated carbocycles. The zero-order chi connectivity index (χ0) is 14.4. The third kappa shape index (κ3) is 16.9. The van der Waals surface area contributed by atoms with Gasteiger partial charge in [0.25, 0.3) is 0 Å². The van der Waals surface area contributed by atoms with E-state index in [2.05, 4.69) is 10.6 Å². The fourth-order valence-electron chi connectivity index (χ4n) is 1.38. The summed E-state index contributed by atoms with van der Waals surface area (Å²) in [6.45, 7) is 10.4. The Labute approximate surface area is 119 Å². The van der Waals surface area contributed by atoms with Crippen LogP contribution < -0.4 is 10.6 Å². The molecular formula is C15H34N2O2. The second-order valence-corrected chi connectivity index (χ2v) is 4.02. The van der Waals surface area contributed by atoms with Crippen molar-refractivity contribution in [1.82, 2.24) is 10.6 Å². The van der Waals surface area contributed by atoms with E-state index in [1.807, 2.05) is 34.6 Å². The van der Waals surface area contributed by atoms with E-state index in [0.717, 1.165) is 25.8 Å². The number of hydrogen-bond donors (Lipinski definition) is 2. The van der Waals surface area contributed by atoms with Gasteiger partial charge in [-0.1, -0.05) is 35.1 Å². The van der Waals surface area contributed by atoms with Crippen LogP contribution >= 0.6 is 0 Å². The van der Waals surface area contributed by atoms with E-state index < -0.39 is 0 Å². The van der Waals surface area contributed by atoms with Gasteiger partial charge in [0.1, 0.15) is 0 Å². The van der Waals surface area contributed by atoms with Crippen molar-refractivity contribution >= 4 is 11.8 Å². The van der Waals surface area contributed by atoms with Crippen LogP contribution in [0.1, 0.15) is 74.1 Å². The lowest BCUT2D eigenvalue weighted by Gasteiger charge is -2.12. The van der Waals surface area contributed by atoms with E-state index in [-0.39, 0.29) is 25.3 Å². The fraction of sp³-hybridized carbons (Fsp3) is 0.867. The molecule has 2 N–H and O–H groups in total. The summed E-state index contributed by atoms with van der Waals surface area (Å²) in [5.74, 6) is 0.208. The van der Waals surface area contributed by atoms with Gasteiger partial charge in [0.15, 0.2) is 0 Å². The molecule has 0 bridgehead atoms. The normalized spacial score (nSPS) is 10.4. The van der Waals surface area contributed by atoms with Gasteiger partial charge in [0.2, 0.25) is 11.8 Å². The summed E-state index contributed by atoms with van der Waals surface area (Å²) in [6, 6.07) is 0.231. The molecule has 2 amide bonds. The Bertz CT molecular complexity index is 218. The Kier molecular flexibility index (Phi) is 20.6. The number of carbonyl (C=O) groups excluding carboxylic acids is 2. The first-order valence-corrected chi connectivity index (χ1v) is 7.16. The average Bonchev–Trinajstić information content (AvgIpc) is 2.40. The number of carbonyl (C=O) groups is 2. The van der Waals surface area contributed by atoms with Crippen molar-refractivity contribution in [2.24, 2.45) is 0 Å². The summed E-state index contributed by atoms with van der Waals surface area (Å²) in [5.41, 5.74) is 0. The van der Waals surface area contributed by atoms with Crippen LogP contribution in [0.2, 0.25) is 0 Å². The van der Waals surface area contributed by atoms with Gasteiger partial charge in [0, 0.05) is 25.4 Å². The minimum Gasteiger partial charge on any atom is -0.356 e. The van der Waals surface area contributed by atoms with E-state index in [1.165, 1.54) is 0 Å². The summed E-state index contributed by atoms with van der Waals surface area (Å²) in [4.78, 5) is 22.0. The lowest BCUT2D eigenvalue weighted by Crippen LogP contribution is -2.32. The molecule has 0 aromatic rings. The molecule has 0 radical (unpaired) electrons. The molecule has 4 heteroatoms. The molecule has 116 valence electrons. The summed E-state index contributed by atoms with van der Waals surface area (Å²) < 4.78 is 0. The van der Waals surface area contributed by atoms with Crippen LogP contribution in [0.4, 0.5) is 0 Å². The Balaban J connectivity index is -0.000000809. The van der Waals surface area contributed by atoms with E-state index in [0.29, 0.717) is 12.8 Å². The van der Waals surface area contributed by atoms with Crippen LogP contribution in [-0.4, -0.2) is 24.4 Å². The van der Waals surface area contributed by atoms with Gasteiger partial charge in [-0.3, -0.25) is 9.59 Å². The Morgan fingerprint density at radius 2 is 1.53 bits per heavy atom. The Morgan fingerprint density at radius 3 is 2.00 bits per heavy atom. The minimum atomic E-state index is 0. The summed E-state index contributed by atoms with van der Waals surface area (Å²) in [5, 5.41) is 5.75. The number of nitrogens with one attached hydrogen (secondary N) is 2. The zero-order valence-electron chi connectivity index (χ0n) is 12.6. The first-order valence-electron chi connectivity index (χ1n) is 7.16. The number of hydrogen-bond acceptors (Lipinski definition) is 2. The van der Waals surface area contributed by atoms with Crippen LogP contribution in [0.15, 0.2) is 0 Å². The van der Waals surface area contributed by atoms with Gasteiger partial charge in [0.05, 0.1) is 0 Å². The summed E-state index contributed by atoms with van der Waals surface area (Å²) in [7, 11) is 0. The quantitative estimate of drug-likeness (QED) is 0.667. The molecule has 1 unspecified atom stereocenters. The second kappa shape index (κ2) is 16.9. The molecule has 0 aromatic heterocycles. The molecule has 0 spiro atoms. The predicted octanol–water partition coefficient (Wildman–Crippen LogP) is 3.26.